The summed E-state index contributed by atoms with van der Waals surface area (Å²) in [6.45, 7) is 7.57. The van der Waals surface area contributed by atoms with Crippen molar-refractivity contribution in [3.63, 3.8) is 0 Å². The van der Waals surface area contributed by atoms with Crippen LogP contribution in [-0.2, 0) is 11.3 Å². The minimum Gasteiger partial charge on any atom is -0.483 e. The molecule has 0 bridgehead atoms. The fourth-order valence-corrected chi connectivity index (χ4v) is 2.31. The molecule has 0 unspecified atom stereocenters. The summed E-state index contributed by atoms with van der Waals surface area (Å²) < 4.78 is 5.64. The van der Waals surface area contributed by atoms with Crippen molar-refractivity contribution < 1.29 is 9.53 Å². The van der Waals surface area contributed by atoms with Gasteiger partial charge in [0, 0.05) is 19.1 Å². The van der Waals surface area contributed by atoms with Gasteiger partial charge in [-0.05, 0) is 50.3 Å². The maximum atomic E-state index is 11.4. The molecule has 1 aromatic carbocycles. The number of likely N-dealkylation sites (N-methyl/N-ethyl adjacent to an activating group) is 1. The minimum absolute atomic E-state index is 0.0780. The standard InChI is InChI=1S/C16H24N2O2/c1-4-17-15(19)10-20-16-11(2)7-13(8-12(16)3)9-18-14-5-6-14/h7-8,14,18H,4-6,9-10H2,1-3H3,(H,17,19). The molecular weight excluding hydrogens is 252 g/mol. The van der Waals surface area contributed by atoms with Gasteiger partial charge in [0.1, 0.15) is 5.75 Å². The van der Waals surface area contributed by atoms with Crippen molar-refractivity contribution >= 4 is 5.91 Å². The van der Waals surface area contributed by atoms with E-state index < -0.39 is 0 Å². The number of carbonyl (C=O) groups excluding carboxylic acids is 1. The van der Waals surface area contributed by atoms with Gasteiger partial charge in [0.2, 0.25) is 0 Å². The SMILES string of the molecule is CCNC(=O)COc1c(C)cc(CNC2CC2)cc1C. The van der Waals surface area contributed by atoms with Crippen LogP contribution < -0.4 is 15.4 Å². The first-order valence-corrected chi connectivity index (χ1v) is 7.33. The Morgan fingerprint density at radius 1 is 1.30 bits per heavy atom. The summed E-state index contributed by atoms with van der Waals surface area (Å²) in [5, 5.41) is 6.24. The molecule has 0 spiro atoms. The monoisotopic (exact) mass is 276 g/mol. The van der Waals surface area contributed by atoms with E-state index >= 15 is 0 Å². The maximum Gasteiger partial charge on any atom is 0.257 e. The van der Waals surface area contributed by atoms with Crippen LogP contribution in [0, 0.1) is 13.8 Å². The van der Waals surface area contributed by atoms with Crippen LogP contribution in [0.1, 0.15) is 36.5 Å². The van der Waals surface area contributed by atoms with Crippen molar-refractivity contribution in [3.05, 3.63) is 28.8 Å². The van der Waals surface area contributed by atoms with Crippen molar-refractivity contribution in [1.29, 1.82) is 0 Å². The van der Waals surface area contributed by atoms with E-state index in [0.29, 0.717) is 12.6 Å². The molecule has 1 fully saturated rings. The Morgan fingerprint density at radius 2 is 1.95 bits per heavy atom. The molecule has 0 radical (unpaired) electrons. The van der Waals surface area contributed by atoms with E-state index in [4.69, 9.17) is 4.74 Å². The lowest BCUT2D eigenvalue weighted by Gasteiger charge is -2.14. The van der Waals surface area contributed by atoms with Crippen molar-refractivity contribution in [1.82, 2.24) is 10.6 Å². The zero-order valence-electron chi connectivity index (χ0n) is 12.6. The first-order chi connectivity index (χ1) is 9.60. The van der Waals surface area contributed by atoms with Gasteiger partial charge in [-0.2, -0.15) is 0 Å². The zero-order valence-corrected chi connectivity index (χ0v) is 12.6. The summed E-state index contributed by atoms with van der Waals surface area (Å²) in [6, 6.07) is 4.98. The summed E-state index contributed by atoms with van der Waals surface area (Å²) in [4.78, 5) is 11.4. The Bertz CT molecular complexity index is 458. The smallest absolute Gasteiger partial charge is 0.257 e. The number of hydrogen-bond acceptors (Lipinski definition) is 3. The molecule has 1 aromatic rings. The van der Waals surface area contributed by atoms with Crippen molar-refractivity contribution in [2.24, 2.45) is 0 Å². The van der Waals surface area contributed by atoms with Crippen LogP contribution in [0.5, 0.6) is 5.75 Å². The van der Waals surface area contributed by atoms with Crippen LogP contribution in [0.25, 0.3) is 0 Å². The average molecular weight is 276 g/mol. The fraction of sp³-hybridized carbons (Fsp3) is 0.562. The number of carbonyl (C=O) groups is 1. The number of aryl methyl sites for hydroxylation is 2. The minimum atomic E-state index is -0.0780. The number of amides is 1. The number of ether oxygens (including phenoxy) is 1. The van der Waals surface area contributed by atoms with E-state index in [1.807, 2.05) is 20.8 Å². The Hall–Kier alpha value is -1.55. The second-order valence-corrected chi connectivity index (χ2v) is 5.46. The molecule has 0 heterocycles. The second-order valence-electron chi connectivity index (χ2n) is 5.46. The quantitative estimate of drug-likeness (QED) is 0.801. The molecule has 0 aromatic heterocycles. The predicted octanol–water partition coefficient (Wildman–Crippen LogP) is 2.07. The summed E-state index contributed by atoms with van der Waals surface area (Å²) in [7, 11) is 0. The van der Waals surface area contributed by atoms with E-state index in [1.54, 1.807) is 0 Å². The maximum absolute atomic E-state index is 11.4. The van der Waals surface area contributed by atoms with Crippen LogP contribution in [0.4, 0.5) is 0 Å². The number of rotatable bonds is 7. The summed E-state index contributed by atoms with van der Waals surface area (Å²) in [5.74, 6) is 0.747. The van der Waals surface area contributed by atoms with Crippen LogP contribution >= 0.6 is 0 Å². The van der Waals surface area contributed by atoms with Gasteiger partial charge in [-0.1, -0.05) is 12.1 Å². The normalized spacial score (nSPS) is 14.2. The number of nitrogens with one attached hydrogen (secondary N) is 2. The number of hydrogen-bond donors (Lipinski definition) is 2. The zero-order chi connectivity index (χ0) is 14.5. The van der Waals surface area contributed by atoms with Gasteiger partial charge in [-0.25, -0.2) is 0 Å². The van der Waals surface area contributed by atoms with Gasteiger partial charge in [0.15, 0.2) is 6.61 Å². The molecule has 0 saturated heterocycles. The van der Waals surface area contributed by atoms with Crippen molar-refractivity contribution in [3.8, 4) is 5.75 Å². The van der Waals surface area contributed by atoms with Gasteiger partial charge in [-0.3, -0.25) is 4.79 Å². The molecule has 0 aliphatic heterocycles. The molecule has 1 saturated carbocycles. The molecule has 2 rings (SSSR count). The van der Waals surface area contributed by atoms with E-state index in [-0.39, 0.29) is 12.5 Å². The van der Waals surface area contributed by atoms with Gasteiger partial charge in [-0.15, -0.1) is 0 Å². The third-order valence-electron chi connectivity index (χ3n) is 3.41. The highest BCUT2D eigenvalue weighted by Crippen LogP contribution is 2.25. The molecule has 4 heteroatoms. The van der Waals surface area contributed by atoms with Crippen LogP contribution in [0.3, 0.4) is 0 Å². The van der Waals surface area contributed by atoms with Crippen molar-refractivity contribution in [2.45, 2.75) is 46.2 Å². The molecule has 1 aliphatic rings. The lowest BCUT2D eigenvalue weighted by Crippen LogP contribution is -2.28. The summed E-state index contributed by atoms with van der Waals surface area (Å²) >= 11 is 0. The topological polar surface area (TPSA) is 50.4 Å². The first-order valence-electron chi connectivity index (χ1n) is 7.33. The Morgan fingerprint density at radius 3 is 2.50 bits per heavy atom. The highest BCUT2D eigenvalue weighted by molar-refractivity contribution is 5.77. The van der Waals surface area contributed by atoms with E-state index in [2.05, 4.69) is 22.8 Å². The molecule has 1 amide bonds. The Labute approximate surface area is 120 Å². The Kier molecular flexibility index (Phi) is 5.01. The van der Waals surface area contributed by atoms with E-state index in [1.165, 1.54) is 18.4 Å². The van der Waals surface area contributed by atoms with Gasteiger partial charge in [0.25, 0.3) is 5.91 Å². The van der Waals surface area contributed by atoms with Crippen LogP contribution in [0.15, 0.2) is 12.1 Å². The summed E-state index contributed by atoms with van der Waals surface area (Å²) in [5.41, 5.74) is 3.45. The number of benzene rings is 1. The molecule has 1 aliphatic carbocycles. The fourth-order valence-electron chi connectivity index (χ4n) is 2.31. The lowest BCUT2D eigenvalue weighted by atomic mass is 10.1. The molecule has 4 nitrogen and oxygen atoms in total. The second kappa shape index (κ2) is 6.75. The van der Waals surface area contributed by atoms with E-state index in [0.717, 1.165) is 23.4 Å². The molecule has 2 N–H and O–H groups in total. The highest BCUT2D eigenvalue weighted by Gasteiger charge is 2.20. The van der Waals surface area contributed by atoms with Crippen molar-refractivity contribution in [2.75, 3.05) is 13.2 Å². The van der Waals surface area contributed by atoms with Gasteiger partial charge < -0.3 is 15.4 Å². The van der Waals surface area contributed by atoms with E-state index in [9.17, 15) is 4.79 Å². The average Bonchev–Trinajstić information content (AvgIpc) is 3.19. The third-order valence-corrected chi connectivity index (χ3v) is 3.41. The first kappa shape index (κ1) is 14.9. The largest absolute Gasteiger partial charge is 0.483 e. The van der Waals surface area contributed by atoms with Crippen LogP contribution in [0.2, 0.25) is 0 Å². The predicted molar refractivity (Wildman–Crippen MR) is 80.0 cm³/mol. The summed E-state index contributed by atoms with van der Waals surface area (Å²) in [6.07, 6.45) is 2.59. The van der Waals surface area contributed by atoms with Gasteiger partial charge in [0.05, 0.1) is 0 Å². The molecule has 20 heavy (non-hydrogen) atoms. The Balaban J connectivity index is 1.96. The molecule has 110 valence electrons. The molecule has 0 atom stereocenters. The molecular formula is C16H24N2O2. The van der Waals surface area contributed by atoms with Crippen LogP contribution in [-0.4, -0.2) is 25.1 Å². The third kappa shape index (κ3) is 4.23. The lowest BCUT2D eigenvalue weighted by molar-refractivity contribution is -0.122. The highest BCUT2D eigenvalue weighted by atomic mass is 16.5. The van der Waals surface area contributed by atoms with Gasteiger partial charge >= 0.3 is 0 Å².